The number of nitrogens with one attached hydrogen (secondary N) is 2. The lowest BCUT2D eigenvalue weighted by atomic mass is 10.1. The molecule has 0 bridgehead atoms. The molecule has 0 saturated carbocycles. The number of aryl methyl sites for hydroxylation is 1. The number of amides is 2. The first kappa shape index (κ1) is 16.6. The highest BCUT2D eigenvalue weighted by Crippen LogP contribution is 2.17. The molecule has 2 aromatic rings. The standard InChI is InChI=1S/C17H19N3O3S/c1-11-18-9-14(24-11)10-19-16(21)12-4-2-5-13(8-12)20-17(22)15-6-3-7-23-15/h2,4-5,8-9,15H,3,6-7,10H2,1H3,(H,19,21)(H,20,22). The monoisotopic (exact) mass is 345 g/mol. The van der Waals surface area contributed by atoms with Gasteiger partial charge in [-0.15, -0.1) is 11.3 Å². The van der Waals surface area contributed by atoms with Gasteiger partial charge in [0, 0.05) is 28.9 Å². The van der Waals surface area contributed by atoms with Gasteiger partial charge in [0.1, 0.15) is 6.10 Å². The van der Waals surface area contributed by atoms with Crippen molar-refractivity contribution >= 4 is 28.8 Å². The Bertz CT molecular complexity index is 738. The summed E-state index contributed by atoms with van der Waals surface area (Å²) >= 11 is 1.55. The Morgan fingerprint density at radius 1 is 1.42 bits per heavy atom. The third-order valence-corrected chi connectivity index (χ3v) is 4.62. The van der Waals surface area contributed by atoms with Crippen molar-refractivity contribution in [3.05, 3.63) is 45.9 Å². The van der Waals surface area contributed by atoms with Gasteiger partial charge in [0.15, 0.2) is 0 Å². The van der Waals surface area contributed by atoms with E-state index in [1.807, 2.05) is 6.92 Å². The van der Waals surface area contributed by atoms with Crippen molar-refractivity contribution in [2.24, 2.45) is 0 Å². The van der Waals surface area contributed by atoms with Crippen molar-refractivity contribution in [2.75, 3.05) is 11.9 Å². The number of carbonyl (C=O) groups excluding carboxylic acids is 2. The second-order valence-electron chi connectivity index (χ2n) is 5.60. The number of nitrogens with zero attached hydrogens (tertiary/aromatic N) is 1. The van der Waals surface area contributed by atoms with E-state index in [-0.39, 0.29) is 11.8 Å². The number of hydrogen-bond acceptors (Lipinski definition) is 5. The van der Waals surface area contributed by atoms with Gasteiger partial charge in [0.2, 0.25) is 0 Å². The first-order chi connectivity index (χ1) is 11.6. The summed E-state index contributed by atoms with van der Waals surface area (Å²) in [7, 11) is 0. The Labute approximate surface area is 144 Å². The third-order valence-electron chi connectivity index (χ3n) is 3.71. The maximum absolute atomic E-state index is 12.3. The van der Waals surface area contributed by atoms with Crippen LogP contribution in [-0.2, 0) is 16.1 Å². The molecule has 2 amide bonds. The molecule has 1 aliphatic rings. The molecule has 2 heterocycles. The number of rotatable bonds is 5. The second kappa shape index (κ2) is 7.55. The van der Waals surface area contributed by atoms with Gasteiger partial charge in [0.05, 0.1) is 11.6 Å². The van der Waals surface area contributed by atoms with Gasteiger partial charge in [-0.25, -0.2) is 4.98 Å². The van der Waals surface area contributed by atoms with E-state index >= 15 is 0 Å². The summed E-state index contributed by atoms with van der Waals surface area (Å²) in [5.74, 6) is -0.348. The minimum absolute atomic E-state index is 0.162. The minimum atomic E-state index is -0.392. The Hall–Kier alpha value is -2.25. The quantitative estimate of drug-likeness (QED) is 0.872. The summed E-state index contributed by atoms with van der Waals surface area (Å²) in [4.78, 5) is 29.5. The maximum atomic E-state index is 12.3. The van der Waals surface area contributed by atoms with Gasteiger partial charge in [-0.05, 0) is 38.0 Å². The fourth-order valence-corrected chi connectivity index (χ4v) is 3.24. The van der Waals surface area contributed by atoms with Crippen LogP contribution in [0, 0.1) is 6.92 Å². The Kier molecular flexibility index (Phi) is 5.22. The van der Waals surface area contributed by atoms with Gasteiger partial charge in [-0.3, -0.25) is 9.59 Å². The SMILES string of the molecule is Cc1ncc(CNC(=O)c2cccc(NC(=O)C3CCCO3)c2)s1. The molecule has 3 rings (SSSR count). The summed E-state index contributed by atoms with van der Waals surface area (Å²) in [6.07, 6.45) is 3.01. The normalized spacial score (nSPS) is 16.8. The van der Waals surface area contributed by atoms with Crippen LogP contribution in [0.2, 0.25) is 0 Å². The molecule has 126 valence electrons. The summed E-state index contributed by atoms with van der Waals surface area (Å²) in [5, 5.41) is 6.63. The van der Waals surface area contributed by atoms with Crippen LogP contribution < -0.4 is 10.6 Å². The van der Waals surface area contributed by atoms with E-state index in [2.05, 4.69) is 15.6 Å². The van der Waals surface area contributed by atoms with E-state index in [0.29, 0.717) is 24.4 Å². The molecule has 1 aromatic carbocycles. The molecular formula is C17H19N3O3S. The van der Waals surface area contributed by atoms with Crippen LogP contribution in [0.4, 0.5) is 5.69 Å². The molecule has 1 saturated heterocycles. The Morgan fingerprint density at radius 3 is 3.00 bits per heavy atom. The van der Waals surface area contributed by atoms with Crippen LogP contribution in [0.5, 0.6) is 0 Å². The number of hydrogen-bond donors (Lipinski definition) is 2. The van der Waals surface area contributed by atoms with Gasteiger partial charge in [-0.2, -0.15) is 0 Å². The van der Waals surface area contributed by atoms with Crippen molar-refractivity contribution in [3.63, 3.8) is 0 Å². The fraction of sp³-hybridized carbons (Fsp3) is 0.353. The van der Waals surface area contributed by atoms with Crippen molar-refractivity contribution in [3.8, 4) is 0 Å². The van der Waals surface area contributed by atoms with Crippen LogP contribution >= 0.6 is 11.3 Å². The average molecular weight is 345 g/mol. The number of thiazole rings is 1. The zero-order valence-electron chi connectivity index (χ0n) is 13.4. The first-order valence-electron chi connectivity index (χ1n) is 7.84. The Balaban J connectivity index is 1.59. The number of benzene rings is 1. The van der Waals surface area contributed by atoms with Gasteiger partial charge in [0.25, 0.3) is 11.8 Å². The topological polar surface area (TPSA) is 80.3 Å². The zero-order valence-corrected chi connectivity index (χ0v) is 14.2. The largest absolute Gasteiger partial charge is 0.368 e. The number of carbonyl (C=O) groups is 2. The van der Waals surface area contributed by atoms with E-state index in [0.717, 1.165) is 22.7 Å². The molecule has 7 heteroatoms. The predicted molar refractivity (Wildman–Crippen MR) is 92.1 cm³/mol. The summed E-state index contributed by atoms with van der Waals surface area (Å²) in [6, 6.07) is 6.89. The molecule has 1 aromatic heterocycles. The lowest BCUT2D eigenvalue weighted by Gasteiger charge is -2.11. The fourth-order valence-electron chi connectivity index (χ4n) is 2.50. The van der Waals surface area contributed by atoms with E-state index in [1.54, 1.807) is 41.8 Å². The molecule has 6 nitrogen and oxygen atoms in total. The molecular weight excluding hydrogens is 326 g/mol. The number of anilines is 1. The Morgan fingerprint density at radius 2 is 2.29 bits per heavy atom. The van der Waals surface area contributed by atoms with Crippen molar-refractivity contribution < 1.29 is 14.3 Å². The van der Waals surface area contributed by atoms with E-state index in [4.69, 9.17) is 4.74 Å². The number of aromatic nitrogens is 1. The number of ether oxygens (including phenoxy) is 1. The molecule has 0 spiro atoms. The average Bonchev–Trinajstić information content (AvgIpc) is 3.24. The zero-order chi connectivity index (χ0) is 16.9. The lowest BCUT2D eigenvalue weighted by molar-refractivity contribution is -0.124. The van der Waals surface area contributed by atoms with Crippen molar-refractivity contribution in [1.82, 2.24) is 10.3 Å². The molecule has 0 aliphatic carbocycles. The van der Waals surface area contributed by atoms with E-state index in [1.165, 1.54) is 0 Å². The van der Waals surface area contributed by atoms with Crippen molar-refractivity contribution in [2.45, 2.75) is 32.4 Å². The predicted octanol–water partition coefficient (Wildman–Crippen LogP) is 2.50. The summed E-state index contributed by atoms with van der Waals surface area (Å²) in [5.41, 5.74) is 1.10. The molecule has 0 radical (unpaired) electrons. The van der Waals surface area contributed by atoms with Gasteiger partial charge < -0.3 is 15.4 Å². The van der Waals surface area contributed by atoms with E-state index < -0.39 is 6.10 Å². The molecule has 1 atom stereocenters. The molecule has 1 aliphatic heterocycles. The van der Waals surface area contributed by atoms with Crippen LogP contribution in [0.1, 0.15) is 33.1 Å². The summed E-state index contributed by atoms with van der Waals surface area (Å²) in [6.45, 7) is 2.99. The molecule has 1 unspecified atom stereocenters. The van der Waals surface area contributed by atoms with E-state index in [9.17, 15) is 9.59 Å². The first-order valence-corrected chi connectivity index (χ1v) is 8.65. The molecule has 2 N–H and O–H groups in total. The highest BCUT2D eigenvalue weighted by molar-refractivity contribution is 7.11. The van der Waals surface area contributed by atoms with Crippen LogP contribution in [0.25, 0.3) is 0 Å². The van der Waals surface area contributed by atoms with Crippen molar-refractivity contribution in [1.29, 1.82) is 0 Å². The minimum Gasteiger partial charge on any atom is -0.368 e. The second-order valence-corrected chi connectivity index (χ2v) is 6.92. The lowest BCUT2D eigenvalue weighted by Crippen LogP contribution is -2.27. The smallest absolute Gasteiger partial charge is 0.253 e. The highest BCUT2D eigenvalue weighted by atomic mass is 32.1. The highest BCUT2D eigenvalue weighted by Gasteiger charge is 2.23. The molecule has 24 heavy (non-hydrogen) atoms. The molecule has 1 fully saturated rings. The van der Waals surface area contributed by atoms with Gasteiger partial charge >= 0.3 is 0 Å². The summed E-state index contributed by atoms with van der Waals surface area (Å²) < 4.78 is 5.36. The van der Waals surface area contributed by atoms with Gasteiger partial charge in [-0.1, -0.05) is 6.07 Å². The van der Waals surface area contributed by atoms with Crippen LogP contribution in [0.3, 0.4) is 0 Å². The maximum Gasteiger partial charge on any atom is 0.253 e. The van der Waals surface area contributed by atoms with Crippen LogP contribution in [-0.4, -0.2) is 29.5 Å². The van der Waals surface area contributed by atoms with Crippen LogP contribution in [0.15, 0.2) is 30.5 Å². The third kappa shape index (κ3) is 4.18.